The van der Waals surface area contributed by atoms with Crippen LogP contribution in [0.25, 0.3) is 0 Å². The van der Waals surface area contributed by atoms with Gasteiger partial charge in [0, 0.05) is 5.75 Å². The van der Waals surface area contributed by atoms with Crippen LogP contribution in [0.1, 0.15) is 11.1 Å². The molecule has 0 aliphatic carbocycles. The summed E-state index contributed by atoms with van der Waals surface area (Å²) in [6.45, 7) is 0. The molecule has 0 saturated heterocycles. The van der Waals surface area contributed by atoms with Gasteiger partial charge in [-0.2, -0.15) is 23.7 Å². The largest absolute Gasteiger partial charge is 0.422 e. The number of alkyl halides is 3. The highest BCUT2D eigenvalue weighted by atomic mass is 32.2. The molecule has 0 aromatic heterocycles. The molecule has 11 heteroatoms. The third-order valence-corrected chi connectivity index (χ3v) is 3.84. The Hall–Kier alpha value is -2.53. The van der Waals surface area contributed by atoms with E-state index in [0.29, 0.717) is 11.8 Å². The maximum absolute atomic E-state index is 13.9. The van der Waals surface area contributed by atoms with Crippen molar-refractivity contribution >= 4 is 17.5 Å². The lowest BCUT2D eigenvalue weighted by Gasteiger charge is -2.13. The third-order valence-electron chi connectivity index (χ3n) is 2.86. The number of benzene rings is 1. The molecule has 0 unspecified atom stereocenters. The van der Waals surface area contributed by atoms with E-state index in [1.807, 2.05) is 0 Å². The van der Waals surface area contributed by atoms with Crippen molar-refractivity contribution in [2.75, 3.05) is 5.75 Å². The smallest absolute Gasteiger partial charge is 0.243 e. The second-order valence-corrected chi connectivity index (χ2v) is 5.22. The Balaban J connectivity index is 2.72. The van der Waals surface area contributed by atoms with Crippen molar-refractivity contribution in [2.24, 2.45) is 4.99 Å². The van der Waals surface area contributed by atoms with Gasteiger partial charge < -0.3 is 0 Å². The Kier molecular flexibility index (Phi) is 4.58. The number of hydrogen-bond acceptors (Lipinski definition) is 4. The molecule has 24 heavy (non-hydrogen) atoms. The van der Waals surface area contributed by atoms with Crippen LogP contribution < -0.4 is 0 Å². The Morgan fingerprint density at radius 1 is 0.958 bits per heavy atom. The van der Waals surface area contributed by atoms with Crippen LogP contribution in [0.4, 0.5) is 30.7 Å². The average molecular weight is 365 g/mol. The Bertz CT molecular complexity index is 827. The minimum Gasteiger partial charge on any atom is -0.243 e. The first-order valence-electron chi connectivity index (χ1n) is 5.81. The molecule has 1 heterocycles. The lowest BCUT2D eigenvalue weighted by molar-refractivity contribution is -0.143. The fourth-order valence-electron chi connectivity index (χ4n) is 1.83. The molecule has 0 amide bonds. The highest BCUT2D eigenvalue weighted by Gasteiger charge is 2.43. The molecule has 0 radical (unpaired) electrons. The van der Waals surface area contributed by atoms with Crippen molar-refractivity contribution in [3.63, 3.8) is 0 Å². The van der Waals surface area contributed by atoms with Gasteiger partial charge in [0.25, 0.3) is 0 Å². The molecular formula is C13H2F7N3S. The first-order chi connectivity index (χ1) is 11.1. The summed E-state index contributed by atoms with van der Waals surface area (Å²) in [6.07, 6.45) is -5.64. The van der Waals surface area contributed by atoms with Crippen LogP contribution in [0.3, 0.4) is 0 Å². The zero-order valence-corrected chi connectivity index (χ0v) is 11.9. The number of thioether (sulfide) groups is 1. The summed E-state index contributed by atoms with van der Waals surface area (Å²) >= 11 is 0.672. The third kappa shape index (κ3) is 2.83. The summed E-state index contributed by atoms with van der Waals surface area (Å²) in [6, 6.07) is 2.91. The number of aliphatic imine (C=N–C) groups is 1. The molecule has 124 valence electrons. The van der Waals surface area contributed by atoms with Gasteiger partial charge in [-0.3, -0.25) is 0 Å². The molecule has 1 aromatic carbocycles. The van der Waals surface area contributed by atoms with Crippen LogP contribution in [0, 0.1) is 45.9 Å². The lowest BCUT2D eigenvalue weighted by Crippen LogP contribution is -2.19. The molecule has 0 saturated carbocycles. The molecule has 1 aromatic rings. The highest BCUT2D eigenvalue weighted by molar-refractivity contribution is 8.04. The van der Waals surface area contributed by atoms with Crippen LogP contribution in [0.15, 0.2) is 15.6 Å². The van der Waals surface area contributed by atoms with E-state index in [-0.39, 0.29) is 10.8 Å². The van der Waals surface area contributed by atoms with Gasteiger partial charge >= 0.3 is 6.18 Å². The molecular weight excluding hydrogens is 363 g/mol. The maximum Gasteiger partial charge on any atom is 0.422 e. The molecule has 1 aliphatic heterocycles. The van der Waals surface area contributed by atoms with Gasteiger partial charge in [-0.15, -0.1) is 0 Å². The minimum absolute atomic E-state index is 0.255. The summed E-state index contributed by atoms with van der Waals surface area (Å²) in [5, 5.41) is 17.1. The van der Waals surface area contributed by atoms with Crippen molar-refractivity contribution in [2.45, 2.75) is 6.18 Å². The number of nitriles is 2. The number of rotatable bonds is 1. The highest BCUT2D eigenvalue weighted by Crippen LogP contribution is 2.38. The van der Waals surface area contributed by atoms with Crippen molar-refractivity contribution in [3.8, 4) is 12.1 Å². The Labute approximate surface area is 133 Å². The molecule has 1 aliphatic rings. The Morgan fingerprint density at radius 3 is 1.88 bits per heavy atom. The summed E-state index contributed by atoms with van der Waals surface area (Å²) in [5.41, 5.74) is -5.23. The Morgan fingerprint density at radius 2 is 1.46 bits per heavy atom. The molecule has 0 fully saturated rings. The average Bonchev–Trinajstić information content (AvgIpc) is 2.95. The maximum atomic E-state index is 13.9. The van der Waals surface area contributed by atoms with E-state index in [1.54, 1.807) is 0 Å². The predicted octanol–water partition coefficient (Wildman–Crippen LogP) is 4.06. The number of allylic oxidation sites excluding steroid dienone is 1. The van der Waals surface area contributed by atoms with Gasteiger partial charge in [0.1, 0.15) is 22.7 Å². The monoisotopic (exact) mass is 365 g/mol. The second-order valence-electron chi connectivity index (χ2n) is 4.25. The quantitative estimate of drug-likeness (QED) is 0.428. The van der Waals surface area contributed by atoms with E-state index >= 15 is 0 Å². The van der Waals surface area contributed by atoms with E-state index in [4.69, 9.17) is 10.5 Å². The minimum atomic E-state index is -5.64. The van der Waals surface area contributed by atoms with E-state index in [9.17, 15) is 30.7 Å². The van der Waals surface area contributed by atoms with Gasteiger partial charge in [-0.25, -0.2) is 22.6 Å². The van der Waals surface area contributed by atoms with Crippen molar-refractivity contribution in [3.05, 3.63) is 45.0 Å². The molecule has 0 N–H and O–H groups in total. The number of hydrogen-bond donors (Lipinski definition) is 0. The molecule has 0 bridgehead atoms. The van der Waals surface area contributed by atoms with Crippen molar-refractivity contribution in [1.82, 2.24) is 0 Å². The first-order valence-corrected chi connectivity index (χ1v) is 6.80. The van der Waals surface area contributed by atoms with Gasteiger partial charge in [0.15, 0.2) is 28.8 Å². The topological polar surface area (TPSA) is 59.9 Å². The fraction of sp³-hybridized carbons (Fsp3) is 0.154. The van der Waals surface area contributed by atoms with E-state index in [2.05, 4.69) is 4.99 Å². The second kappa shape index (κ2) is 6.17. The summed E-state index contributed by atoms with van der Waals surface area (Å²) in [5.74, 6) is -10.1. The SMILES string of the molecule is N#CC(C#N)=C1N=C(c2c(F)c(F)c(C(F)(F)F)c(F)c2F)CS1. The zero-order chi connectivity index (χ0) is 18.2. The zero-order valence-electron chi connectivity index (χ0n) is 11.1. The lowest BCUT2D eigenvalue weighted by atomic mass is 10.0. The molecule has 0 atom stereocenters. The van der Waals surface area contributed by atoms with Crippen LogP contribution in [0.5, 0.6) is 0 Å². The standard InChI is InChI=1S/C13H2F7N3S/c14-8-6(5-3-24-12(23-5)4(1-21)2-22)9(15)11(17)7(10(8)16)13(18,19)20/h3H2. The number of halogens is 7. The predicted molar refractivity (Wildman–Crippen MR) is 68.5 cm³/mol. The van der Waals surface area contributed by atoms with Gasteiger partial charge in [0.05, 0.1) is 11.3 Å². The van der Waals surface area contributed by atoms with Gasteiger partial charge in [-0.1, -0.05) is 11.8 Å². The summed E-state index contributed by atoms with van der Waals surface area (Å²) < 4.78 is 92.4. The summed E-state index contributed by atoms with van der Waals surface area (Å²) in [7, 11) is 0. The van der Waals surface area contributed by atoms with E-state index in [1.165, 1.54) is 12.1 Å². The molecule has 3 nitrogen and oxygen atoms in total. The first kappa shape index (κ1) is 17.8. The van der Waals surface area contributed by atoms with Crippen molar-refractivity contribution < 1.29 is 30.7 Å². The number of nitrogens with zero attached hydrogens (tertiary/aromatic N) is 3. The summed E-state index contributed by atoms with van der Waals surface area (Å²) in [4.78, 5) is 3.52. The molecule has 2 rings (SSSR count). The van der Waals surface area contributed by atoms with Gasteiger partial charge in [-0.05, 0) is 0 Å². The fourth-order valence-corrected chi connectivity index (χ4v) is 2.73. The normalized spacial score (nSPS) is 14.2. The van der Waals surface area contributed by atoms with Gasteiger partial charge in [0.2, 0.25) is 0 Å². The van der Waals surface area contributed by atoms with Crippen molar-refractivity contribution in [1.29, 1.82) is 10.5 Å². The van der Waals surface area contributed by atoms with E-state index < -0.39 is 51.9 Å². The van der Waals surface area contributed by atoms with Crippen LogP contribution in [-0.2, 0) is 6.18 Å². The van der Waals surface area contributed by atoms with Crippen LogP contribution >= 0.6 is 11.8 Å². The molecule has 0 spiro atoms. The van der Waals surface area contributed by atoms with Crippen LogP contribution in [0.2, 0.25) is 0 Å². The van der Waals surface area contributed by atoms with Crippen LogP contribution in [-0.4, -0.2) is 11.5 Å². The van der Waals surface area contributed by atoms with E-state index in [0.717, 1.165) is 0 Å².